The van der Waals surface area contributed by atoms with Crippen LogP contribution in [0.5, 0.6) is 0 Å². The molecule has 1 aliphatic heterocycles. The zero-order chi connectivity index (χ0) is 14.0. The van der Waals surface area contributed by atoms with Crippen molar-refractivity contribution in [2.45, 2.75) is 17.4 Å². The Morgan fingerprint density at radius 1 is 1.37 bits per heavy atom. The molecular formula is C10H10N2O6S. The third kappa shape index (κ3) is 2.71. The topological polar surface area (TPSA) is 116 Å². The first-order valence-corrected chi connectivity index (χ1v) is 6.82. The SMILES string of the molecule is O=C1OCC[C@@H]1NS(=O)(=O)c1ccccc1[N+](=O)[O-]. The van der Waals surface area contributed by atoms with Crippen molar-refractivity contribution in [2.75, 3.05) is 6.61 Å². The molecule has 1 aromatic carbocycles. The second-order valence-corrected chi connectivity index (χ2v) is 5.54. The van der Waals surface area contributed by atoms with E-state index in [1.807, 2.05) is 0 Å². The molecule has 102 valence electrons. The second-order valence-electron chi connectivity index (χ2n) is 3.85. The average molecular weight is 286 g/mol. The Morgan fingerprint density at radius 2 is 2.05 bits per heavy atom. The zero-order valence-corrected chi connectivity index (χ0v) is 10.4. The summed E-state index contributed by atoms with van der Waals surface area (Å²) in [7, 11) is -4.14. The van der Waals surface area contributed by atoms with E-state index in [9.17, 15) is 23.3 Å². The van der Waals surface area contributed by atoms with Gasteiger partial charge in [0.05, 0.1) is 11.5 Å². The number of carbonyl (C=O) groups excluding carboxylic acids is 1. The lowest BCUT2D eigenvalue weighted by Crippen LogP contribution is -2.38. The molecule has 0 radical (unpaired) electrons. The third-order valence-corrected chi connectivity index (χ3v) is 4.10. The Hall–Kier alpha value is -2.00. The number of nitro groups is 1. The van der Waals surface area contributed by atoms with Crippen LogP contribution in [0.4, 0.5) is 5.69 Å². The molecule has 0 amide bonds. The number of hydrogen-bond acceptors (Lipinski definition) is 6. The molecule has 0 spiro atoms. The number of nitro benzene ring substituents is 1. The molecule has 0 saturated carbocycles. The molecule has 0 aromatic heterocycles. The molecule has 9 heteroatoms. The molecule has 19 heavy (non-hydrogen) atoms. The van der Waals surface area contributed by atoms with Crippen LogP contribution < -0.4 is 4.72 Å². The van der Waals surface area contributed by atoms with Crippen LogP contribution in [0.3, 0.4) is 0 Å². The number of benzene rings is 1. The van der Waals surface area contributed by atoms with Crippen LogP contribution in [0.15, 0.2) is 29.2 Å². The number of nitrogens with zero attached hydrogens (tertiary/aromatic N) is 1. The van der Waals surface area contributed by atoms with Crippen LogP contribution in [-0.4, -0.2) is 32.0 Å². The average Bonchev–Trinajstić information content (AvgIpc) is 2.74. The van der Waals surface area contributed by atoms with Crippen LogP contribution in [0, 0.1) is 10.1 Å². The predicted octanol–water partition coefficient (Wildman–Crippen LogP) is 0.189. The van der Waals surface area contributed by atoms with E-state index >= 15 is 0 Å². The van der Waals surface area contributed by atoms with E-state index in [-0.39, 0.29) is 13.0 Å². The van der Waals surface area contributed by atoms with Crippen molar-refractivity contribution >= 4 is 21.7 Å². The Labute approximate surface area is 108 Å². The minimum atomic E-state index is -4.14. The molecule has 1 atom stereocenters. The van der Waals surface area contributed by atoms with Crippen LogP contribution in [0.1, 0.15) is 6.42 Å². The second kappa shape index (κ2) is 4.94. The lowest BCUT2D eigenvalue weighted by Gasteiger charge is -2.09. The largest absolute Gasteiger partial charge is 0.464 e. The summed E-state index contributed by atoms with van der Waals surface area (Å²) in [6.07, 6.45) is 0.207. The molecule has 0 bridgehead atoms. The van der Waals surface area contributed by atoms with E-state index in [0.717, 1.165) is 12.1 Å². The number of rotatable bonds is 4. The van der Waals surface area contributed by atoms with Crippen molar-refractivity contribution in [1.29, 1.82) is 0 Å². The van der Waals surface area contributed by atoms with Crippen molar-refractivity contribution < 1.29 is 22.9 Å². The minimum absolute atomic E-state index is 0.128. The molecule has 1 N–H and O–H groups in total. The van der Waals surface area contributed by atoms with Gasteiger partial charge in [-0.2, -0.15) is 4.72 Å². The van der Waals surface area contributed by atoms with Gasteiger partial charge < -0.3 is 4.74 Å². The van der Waals surface area contributed by atoms with Crippen LogP contribution in [0.2, 0.25) is 0 Å². The number of nitrogens with one attached hydrogen (secondary N) is 1. The Bertz CT molecular complexity index is 627. The molecule has 1 aromatic rings. The molecule has 1 fully saturated rings. The van der Waals surface area contributed by atoms with Crippen molar-refractivity contribution in [1.82, 2.24) is 4.72 Å². The summed E-state index contributed by atoms with van der Waals surface area (Å²) in [6.45, 7) is 0.128. The molecular weight excluding hydrogens is 276 g/mol. The summed E-state index contributed by atoms with van der Waals surface area (Å²) in [5.41, 5.74) is -0.540. The predicted molar refractivity (Wildman–Crippen MR) is 62.8 cm³/mol. The van der Waals surface area contributed by atoms with Crippen molar-refractivity contribution in [3.63, 3.8) is 0 Å². The number of para-hydroxylation sites is 1. The number of esters is 1. The highest BCUT2D eigenvalue weighted by molar-refractivity contribution is 7.89. The lowest BCUT2D eigenvalue weighted by molar-refractivity contribution is -0.387. The first kappa shape index (κ1) is 13.4. The maximum absolute atomic E-state index is 12.0. The van der Waals surface area contributed by atoms with Gasteiger partial charge in [-0.3, -0.25) is 14.9 Å². The standard InChI is InChI=1S/C10H10N2O6S/c13-10-7(5-6-18-10)11-19(16,17)9-4-2-1-3-8(9)12(14)15/h1-4,7,11H,5-6H2/t7-/m0/s1. The van der Waals surface area contributed by atoms with Gasteiger partial charge in [0.1, 0.15) is 6.04 Å². The van der Waals surface area contributed by atoms with Gasteiger partial charge in [0, 0.05) is 12.5 Å². The summed E-state index contributed by atoms with van der Waals surface area (Å²) in [6, 6.07) is 3.93. The van der Waals surface area contributed by atoms with E-state index in [1.54, 1.807) is 0 Å². The fraction of sp³-hybridized carbons (Fsp3) is 0.300. The Morgan fingerprint density at radius 3 is 2.63 bits per heavy atom. The smallest absolute Gasteiger partial charge is 0.324 e. The Balaban J connectivity index is 2.34. The first-order valence-electron chi connectivity index (χ1n) is 5.34. The van der Waals surface area contributed by atoms with Gasteiger partial charge in [-0.05, 0) is 6.07 Å². The zero-order valence-electron chi connectivity index (χ0n) is 9.61. The number of cyclic esters (lactones) is 1. The normalized spacial score (nSPS) is 19.2. The number of hydrogen-bond donors (Lipinski definition) is 1. The maximum Gasteiger partial charge on any atom is 0.324 e. The summed E-state index contributed by atoms with van der Waals surface area (Å²) in [5.74, 6) is -0.679. The monoisotopic (exact) mass is 286 g/mol. The highest BCUT2D eigenvalue weighted by atomic mass is 32.2. The van der Waals surface area contributed by atoms with Gasteiger partial charge in [0.25, 0.3) is 5.69 Å². The molecule has 1 aliphatic rings. The van der Waals surface area contributed by atoms with Gasteiger partial charge in [-0.15, -0.1) is 0 Å². The highest BCUT2D eigenvalue weighted by Crippen LogP contribution is 2.23. The van der Waals surface area contributed by atoms with Gasteiger partial charge in [0.2, 0.25) is 10.0 Å². The van der Waals surface area contributed by atoms with E-state index in [4.69, 9.17) is 0 Å². The van der Waals surface area contributed by atoms with Gasteiger partial charge in [-0.25, -0.2) is 8.42 Å². The summed E-state index contributed by atoms with van der Waals surface area (Å²) in [4.78, 5) is 20.7. The molecule has 0 aliphatic carbocycles. The molecule has 0 unspecified atom stereocenters. The summed E-state index contributed by atoms with van der Waals surface area (Å²) in [5, 5.41) is 10.8. The molecule has 8 nitrogen and oxygen atoms in total. The third-order valence-electron chi connectivity index (χ3n) is 2.58. The summed E-state index contributed by atoms with van der Waals surface area (Å²) < 4.78 is 30.8. The van der Waals surface area contributed by atoms with Gasteiger partial charge >= 0.3 is 5.97 Å². The molecule has 2 rings (SSSR count). The minimum Gasteiger partial charge on any atom is -0.464 e. The van der Waals surface area contributed by atoms with E-state index in [2.05, 4.69) is 9.46 Å². The van der Waals surface area contributed by atoms with Crippen LogP contribution in [-0.2, 0) is 19.6 Å². The number of ether oxygens (including phenoxy) is 1. The van der Waals surface area contributed by atoms with Crippen molar-refractivity contribution in [2.24, 2.45) is 0 Å². The lowest BCUT2D eigenvalue weighted by atomic mass is 10.3. The fourth-order valence-electron chi connectivity index (χ4n) is 1.69. The van der Waals surface area contributed by atoms with Gasteiger partial charge in [0.15, 0.2) is 4.90 Å². The first-order chi connectivity index (χ1) is 8.92. The number of carbonyl (C=O) groups is 1. The molecule has 1 heterocycles. The van der Waals surface area contributed by atoms with E-state index in [0.29, 0.717) is 0 Å². The van der Waals surface area contributed by atoms with E-state index < -0.39 is 37.5 Å². The summed E-state index contributed by atoms with van der Waals surface area (Å²) >= 11 is 0. The highest BCUT2D eigenvalue weighted by Gasteiger charge is 2.34. The fourth-order valence-corrected chi connectivity index (χ4v) is 3.08. The van der Waals surface area contributed by atoms with E-state index in [1.165, 1.54) is 12.1 Å². The maximum atomic E-state index is 12.0. The van der Waals surface area contributed by atoms with Crippen molar-refractivity contribution in [3.8, 4) is 0 Å². The van der Waals surface area contributed by atoms with Gasteiger partial charge in [-0.1, -0.05) is 12.1 Å². The quantitative estimate of drug-likeness (QED) is 0.480. The van der Waals surface area contributed by atoms with Crippen LogP contribution >= 0.6 is 0 Å². The Kier molecular flexibility index (Phi) is 3.49. The van der Waals surface area contributed by atoms with Crippen molar-refractivity contribution in [3.05, 3.63) is 34.4 Å². The molecule has 1 saturated heterocycles. The number of sulfonamides is 1. The van der Waals surface area contributed by atoms with Crippen LogP contribution in [0.25, 0.3) is 0 Å².